The van der Waals surface area contributed by atoms with Crippen LogP contribution in [0.1, 0.15) is 17.4 Å². The van der Waals surface area contributed by atoms with Crippen molar-refractivity contribution in [3.05, 3.63) is 23.4 Å². The molecule has 2 heterocycles. The molecule has 0 amide bonds. The molecule has 1 aliphatic heterocycles. The summed E-state index contributed by atoms with van der Waals surface area (Å²) in [5, 5.41) is 3.90. The molecule has 98 valence electrons. The zero-order chi connectivity index (χ0) is 13.2. The van der Waals surface area contributed by atoms with Crippen molar-refractivity contribution in [3.8, 4) is 0 Å². The van der Waals surface area contributed by atoms with Crippen molar-refractivity contribution < 1.29 is 22.4 Å². The first-order valence-corrected chi connectivity index (χ1v) is 7.02. The molecule has 1 N–H and O–H groups in total. The molecule has 0 spiro atoms. The van der Waals surface area contributed by atoms with Crippen LogP contribution in [-0.4, -0.2) is 37.8 Å². The minimum absolute atomic E-state index is 0.0455. The number of ether oxygens (including phenoxy) is 1. The van der Waals surface area contributed by atoms with Crippen molar-refractivity contribution in [2.24, 2.45) is 0 Å². The van der Waals surface area contributed by atoms with Crippen molar-refractivity contribution in [2.75, 3.05) is 17.7 Å². The molecule has 18 heavy (non-hydrogen) atoms. The molecular formula is C10H12N2O5S. The van der Waals surface area contributed by atoms with Gasteiger partial charge in [-0.3, -0.25) is 0 Å². The molecule has 0 aliphatic carbocycles. The number of hydrogen-bond donors (Lipinski definition) is 1. The van der Waals surface area contributed by atoms with E-state index in [2.05, 4.69) is 10.3 Å². The Morgan fingerprint density at radius 1 is 1.67 bits per heavy atom. The first-order valence-electron chi connectivity index (χ1n) is 5.30. The van der Waals surface area contributed by atoms with Gasteiger partial charge < -0.3 is 14.5 Å². The van der Waals surface area contributed by atoms with Gasteiger partial charge in [0.25, 0.3) is 6.01 Å². The maximum absolute atomic E-state index is 11.3. The average Bonchev–Trinajstić information content (AvgIpc) is 2.86. The van der Waals surface area contributed by atoms with Gasteiger partial charge in [0.05, 0.1) is 18.4 Å². The number of rotatable bonds is 4. The summed E-state index contributed by atoms with van der Waals surface area (Å²) in [6, 6.07) is -0.312. The van der Waals surface area contributed by atoms with Crippen LogP contribution < -0.4 is 5.32 Å². The van der Waals surface area contributed by atoms with Crippen LogP contribution in [0.2, 0.25) is 0 Å². The van der Waals surface area contributed by atoms with E-state index < -0.39 is 21.8 Å². The van der Waals surface area contributed by atoms with Gasteiger partial charge in [0.2, 0.25) is 0 Å². The SMILES string of the molecule is CCOC(=O)c1coc(NC2C=CS(=O)(=O)C2)n1. The third kappa shape index (κ3) is 2.89. The Morgan fingerprint density at radius 2 is 2.44 bits per heavy atom. The van der Waals surface area contributed by atoms with Gasteiger partial charge in [-0.2, -0.15) is 4.98 Å². The van der Waals surface area contributed by atoms with Crippen LogP contribution >= 0.6 is 0 Å². The van der Waals surface area contributed by atoms with Gasteiger partial charge in [0.15, 0.2) is 15.5 Å². The minimum atomic E-state index is -3.14. The van der Waals surface area contributed by atoms with Crippen molar-refractivity contribution in [1.29, 1.82) is 0 Å². The third-order valence-corrected chi connectivity index (χ3v) is 3.62. The third-order valence-electron chi connectivity index (χ3n) is 2.23. The summed E-state index contributed by atoms with van der Waals surface area (Å²) in [7, 11) is -3.14. The Hall–Kier alpha value is -1.83. The molecular weight excluding hydrogens is 260 g/mol. The number of anilines is 1. The van der Waals surface area contributed by atoms with E-state index in [4.69, 9.17) is 9.15 Å². The molecule has 0 saturated carbocycles. The van der Waals surface area contributed by atoms with Gasteiger partial charge in [0.1, 0.15) is 6.26 Å². The highest BCUT2D eigenvalue weighted by molar-refractivity contribution is 7.94. The predicted octanol–water partition coefficient (Wildman–Crippen LogP) is 0.574. The summed E-state index contributed by atoms with van der Waals surface area (Å²) in [5.41, 5.74) is 0.0455. The molecule has 1 unspecified atom stereocenters. The molecule has 0 saturated heterocycles. The second kappa shape index (κ2) is 4.81. The Labute approximate surface area is 104 Å². The number of nitrogens with zero attached hydrogens (tertiary/aromatic N) is 1. The lowest BCUT2D eigenvalue weighted by atomic mass is 10.3. The number of carbonyl (C=O) groups is 1. The van der Waals surface area contributed by atoms with E-state index >= 15 is 0 Å². The summed E-state index contributed by atoms with van der Waals surface area (Å²) in [6.45, 7) is 1.93. The van der Waals surface area contributed by atoms with Crippen LogP contribution in [0.15, 0.2) is 22.2 Å². The first kappa shape index (κ1) is 12.6. The maximum Gasteiger partial charge on any atom is 0.360 e. The molecule has 0 radical (unpaired) electrons. The van der Waals surface area contributed by atoms with Crippen molar-refractivity contribution in [2.45, 2.75) is 13.0 Å². The lowest BCUT2D eigenvalue weighted by molar-refractivity contribution is 0.0519. The summed E-state index contributed by atoms with van der Waals surface area (Å²) in [4.78, 5) is 15.2. The Morgan fingerprint density at radius 3 is 3.06 bits per heavy atom. The number of nitrogens with one attached hydrogen (secondary N) is 1. The van der Waals surface area contributed by atoms with Crippen LogP contribution in [0, 0.1) is 0 Å². The van der Waals surface area contributed by atoms with E-state index in [0.717, 1.165) is 11.7 Å². The standard InChI is InChI=1S/C10H12N2O5S/c1-2-16-9(13)8-5-17-10(12-8)11-7-3-4-18(14,15)6-7/h3-5,7H,2,6H2,1H3,(H,11,12). The molecule has 0 bridgehead atoms. The van der Waals surface area contributed by atoms with Crippen LogP contribution in [0.5, 0.6) is 0 Å². The number of sulfone groups is 1. The lowest BCUT2D eigenvalue weighted by Gasteiger charge is -2.05. The summed E-state index contributed by atoms with van der Waals surface area (Å²) >= 11 is 0. The second-order valence-corrected chi connectivity index (χ2v) is 5.60. The molecule has 8 heteroatoms. The zero-order valence-corrected chi connectivity index (χ0v) is 10.4. The van der Waals surface area contributed by atoms with Crippen LogP contribution in [0.25, 0.3) is 0 Å². The summed E-state index contributed by atoms with van der Waals surface area (Å²) in [5.74, 6) is -0.631. The number of aromatic nitrogens is 1. The summed E-state index contributed by atoms with van der Waals surface area (Å²) in [6.07, 6.45) is 2.66. The normalized spacial score (nSPS) is 20.8. The quantitative estimate of drug-likeness (QED) is 0.800. The van der Waals surface area contributed by atoms with Crippen molar-refractivity contribution in [1.82, 2.24) is 4.98 Å². The molecule has 1 aliphatic rings. The van der Waals surface area contributed by atoms with E-state index in [-0.39, 0.29) is 24.1 Å². The highest BCUT2D eigenvalue weighted by Crippen LogP contribution is 2.15. The lowest BCUT2D eigenvalue weighted by Crippen LogP contribution is -2.21. The van der Waals surface area contributed by atoms with E-state index in [1.807, 2.05) is 0 Å². The maximum atomic E-state index is 11.3. The summed E-state index contributed by atoms with van der Waals surface area (Å²) < 4.78 is 32.1. The van der Waals surface area contributed by atoms with Gasteiger partial charge >= 0.3 is 5.97 Å². The Kier molecular flexibility index (Phi) is 3.37. The van der Waals surface area contributed by atoms with E-state index in [1.165, 1.54) is 6.08 Å². The van der Waals surface area contributed by atoms with Crippen LogP contribution in [-0.2, 0) is 14.6 Å². The van der Waals surface area contributed by atoms with E-state index in [0.29, 0.717) is 0 Å². The van der Waals surface area contributed by atoms with Gasteiger partial charge in [0, 0.05) is 5.41 Å². The smallest absolute Gasteiger partial charge is 0.360 e. The van der Waals surface area contributed by atoms with Crippen molar-refractivity contribution in [3.63, 3.8) is 0 Å². The highest BCUT2D eigenvalue weighted by atomic mass is 32.2. The minimum Gasteiger partial charge on any atom is -0.461 e. The molecule has 1 aromatic heterocycles. The van der Waals surface area contributed by atoms with Crippen LogP contribution in [0.3, 0.4) is 0 Å². The topological polar surface area (TPSA) is 98.5 Å². The monoisotopic (exact) mass is 272 g/mol. The fourth-order valence-electron chi connectivity index (χ4n) is 1.46. The van der Waals surface area contributed by atoms with Gasteiger partial charge in [-0.1, -0.05) is 0 Å². The van der Waals surface area contributed by atoms with E-state index in [9.17, 15) is 13.2 Å². The molecule has 7 nitrogen and oxygen atoms in total. The van der Waals surface area contributed by atoms with Gasteiger partial charge in [-0.15, -0.1) is 0 Å². The molecule has 0 aromatic carbocycles. The Balaban J connectivity index is 2.00. The molecule has 0 fully saturated rings. The van der Waals surface area contributed by atoms with Gasteiger partial charge in [-0.05, 0) is 13.0 Å². The number of carbonyl (C=O) groups excluding carboxylic acids is 1. The molecule has 2 rings (SSSR count). The zero-order valence-electron chi connectivity index (χ0n) is 9.62. The van der Waals surface area contributed by atoms with Crippen LogP contribution in [0.4, 0.5) is 6.01 Å². The molecule has 1 aromatic rings. The number of esters is 1. The predicted molar refractivity (Wildman–Crippen MR) is 62.8 cm³/mol. The average molecular weight is 272 g/mol. The Bertz CT molecular complexity index is 575. The largest absolute Gasteiger partial charge is 0.461 e. The number of oxazole rings is 1. The second-order valence-electron chi connectivity index (χ2n) is 3.67. The molecule has 1 atom stereocenters. The fourth-order valence-corrected chi connectivity index (χ4v) is 2.70. The van der Waals surface area contributed by atoms with E-state index in [1.54, 1.807) is 6.92 Å². The van der Waals surface area contributed by atoms with Gasteiger partial charge in [-0.25, -0.2) is 13.2 Å². The fraction of sp³-hybridized carbons (Fsp3) is 0.400. The first-order chi connectivity index (χ1) is 8.50. The highest BCUT2D eigenvalue weighted by Gasteiger charge is 2.23. The number of hydrogen-bond acceptors (Lipinski definition) is 7. The van der Waals surface area contributed by atoms with Crippen molar-refractivity contribution >= 4 is 21.8 Å².